The second-order valence-corrected chi connectivity index (χ2v) is 4.02. The maximum Gasteiger partial charge on any atom is 0.409 e. The molecule has 0 aromatic rings. The molecule has 1 amide bonds. The number of methoxy groups -OCH3 is 2. The minimum absolute atomic E-state index is 0.0512. The van der Waals surface area contributed by atoms with Crippen LogP contribution in [-0.2, 0) is 14.3 Å². The molecule has 1 fully saturated rings. The van der Waals surface area contributed by atoms with Crippen LogP contribution < -0.4 is 5.73 Å². The van der Waals surface area contributed by atoms with Gasteiger partial charge >= 0.3 is 12.1 Å². The molecule has 6 nitrogen and oxygen atoms in total. The number of nitrogens with zero attached hydrogens (tertiary/aromatic N) is 1. The molecular formula is C10H18N2O4. The van der Waals surface area contributed by atoms with E-state index in [2.05, 4.69) is 9.47 Å². The van der Waals surface area contributed by atoms with Crippen LogP contribution >= 0.6 is 0 Å². The van der Waals surface area contributed by atoms with Crippen molar-refractivity contribution in [2.45, 2.75) is 18.9 Å². The van der Waals surface area contributed by atoms with Crippen LogP contribution in [0.4, 0.5) is 4.79 Å². The quantitative estimate of drug-likeness (QED) is 0.673. The molecule has 92 valence electrons. The molecule has 2 unspecified atom stereocenters. The van der Waals surface area contributed by atoms with Gasteiger partial charge in [0.15, 0.2) is 0 Å². The lowest BCUT2D eigenvalue weighted by molar-refractivity contribution is -0.142. The SMILES string of the molecule is COC(=O)CC1CC(N)CN(C(=O)OC)C1. The molecule has 0 aromatic carbocycles. The highest BCUT2D eigenvalue weighted by Crippen LogP contribution is 2.20. The lowest BCUT2D eigenvalue weighted by Gasteiger charge is -2.34. The number of hydrogen-bond donors (Lipinski definition) is 1. The van der Waals surface area contributed by atoms with Crippen LogP contribution in [0.15, 0.2) is 0 Å². The average Bonchev–Trinajstić information content (AvgIpc) is 2.27. The van der Waals surface area contributed by atoms with E-state index in [1.54, 1.807) is 0 Å². The van der Waals surface area contributed by atoms with Gasteiger partial charge in [0.1, 0.15) is 0 Å². The van der Waals surface area contributed by atoms with Gasteiger partial charge in [-0.3, -0.25) is 4.79 Å². The normalized spacial score (nSPS) is 25.1. The van der Waals surface area contributed by atoms with Crippen LogP contribution in [-0.4, -0.2) is 50.3 Å². The van der Waals surface area contributed by atoms with Gasteiger partial charge in [0.2, 0.25) is 0 Å². The second kappa shape index (κ2) is 5.69. The molecule has 1 saturated heterocycles. The molecule has 1 rings (SSSR count). The minimum atomic E-state index is -0.398. The smallest absolute Gasteiger partial charge is 0.409 e. The molecule has 0 saturated carbocycles. The number of nitrogens with two attached hydrogens (primary N) is 1. The Kier molecular flexibility index (Phi) is 4.54. The van der Waals surface area contributed by atoms with Crippen LogP contribution in [0.25, 0.3) is 0 Å². The summed E-state index contributed by atoms with van der Waals surface area (Å²) in [5.41, 5.74) is 5.82. The Bertz CT molecular complexity index is 270. The van der Waals surface area contributed by atoms with E-state index >= 15 is 0 Å². The number of piperidine rings is 1. The number of esters is 1. The number of carbonyl (C=O) groups excluding carboxylic acids is 2. The number of rotatable bonds is 2. The van der Waals surface area contributed by atoms with Gasteiger partial charge in [0, 0.05) is 19.1 Å². The topological polar surface area (TPSA) is 81.9 Å². The predicted octanol–water partition coefficient (Wildman–Crippen LogP) is -0.0349. The Morgan fingerprint density at radius 3 is 2.56 bits per heavy atom. The van der Waals surface area contributed by atoms with Crippen LogP contribution in [0.1, 0.15) is 12.8 Å². The maximum absolute atomic E-state index is 11.3. The van der Waals surface area contributed by atoms with E-state index in [4.69, 9.17) is 5.73 Å². The highest BCUT2D eigenvalue weighted by atomic mass is 16.5. The van der Waals surface area contributed by atoms with Crippen LogP contribution in [0.5, 0.6) is 0 Å². The number of likely N-dealkylation sites (tertiary alicyclic amines) is 1. The van der Waals surface area contributed by atoms with E-state index in [0.717, 1.165) is 6.42 Å². The summed E-state index contributed by atoms with van der Waals surface area (Å²) in [6.07, 6.45) is 0.616. The highest BCUT2D eigenvalue weighted by molar-refractivity contribution is 5.70. The van der Waals surface area contributed by atoms with Crippen molar-refractivity contribution in [2.75, 3.05) is 27.3 Å². The summed E-state index contributed by atoms with van der Waals surface area (Å²) in [4.78, 5) is 24.0. The van der Waals surface area contributed by atoms with Crippen molar-refractivity contribution < 1.29 is 19.1 Å². The Balaban J connectivity index is 2.53. The average molecular weight is 230 g/mol. The van der Waals surface area contributed by atoms with Gasteiger partial charge in [0.05, 0.1) is 20.6 Å². The summed E-state index contributed by atoms with van der Waals surface area (Å²) in [5.74, 6) is -0.223. The minimum Gasteiger partial charge on any atom is -0.469 e. The molecular weight excluding hydrogens is 212 g/mol. The fourth-order valence-corrected chi connectivity index (χ4v) is 1.99. The monoisotopic (exact) mass is 230 g/mol. The Hall–Kier alpha value is -1.30. The zero-order chi connectivity index (χ0) is 12.1. The van der Waals surface area contributed by atoms with Crippen molar-refractivity contribution >= 4 is 12.1 Å². The molecule has 16 heavy (non-hydrogen) atoms. The molecule has 1 heterocycles. The molecule has 0 spiro atoms. The van der Waals surface area contributed by atoms with E-state index in [1.807, 2.05) is 0 Å². The molecule has 0 aromatic heterocycles. The molecule has 2 N–H and O–H groups in total. The first-order valence-corrected chi connectivity index (χ1v) is 5.22. The second-order valence-electron chi connectivity index (χ2n) is 4.02. The van der Waals surface area contributed by atoms with Crippen molar-refractivity contribution in [2.24, 2.45) is 11.7 Å². The fourth-order valence-electron chi connectivity index (χ4n) is 1.99. The van der Waals surface area contributed by atoms with Crippen molar-refractivity contribution in [1.82, 2.24) is 4.90 Å². The summed E-state index contributed by atoms with van der Waals surface area (Å²) >= 11 is 0. The maximum atomic E-state index is 11.3. The third kappa shape index (κ3) is 3.37. The first-order chi connectivity index (χ1) is 7.56. The van der Waals surface area contributed by atoms with Gasteiger partial charge in [-0.25, -0.2) is 4.79 Å². The van der Waals surface area contributed by atoms with E-state index in [0.29, 0.717) is 13.1 Å². The zero-order valence-corrected chi connectivity index (χ0v) is 9.64. The molecule has 0 radical (unpaired) electrons. The van der Waals surface area contributed by atoms with Gasteiger partial charge in [-0.05, 0) is 12.3 Å². The van der Waals surface area contributed by atoms with E-state index in [-0.39, 0.29) is 24.3 Å². The Labute approximate surface area is 94.7 Å². The summed E-state index contributed by atoms with van der Waals surface area (Å²) in [6, 6.07) is -0.109. The van der Waals surface area contributed by atoms with E-state index in [1.165, 1.54) is 19.1 Å². The third-order valence-electron chi connectivity index (χ3n) is 2.69. The summed E-state index contributed by atoms with van der Waals surface area (Å²) in [7, 11) is 2.68. The zero-order valence-electron chi connectivity index (χ0n) is 9.64. The summed E-state index contributed by atoms with van der Waals surface area (Å²) in [6.45, 7) is 0.972. The van der Waals surface area contributed by atoms with Gasteiger partial charge < -0.3 is 20.1 Å². The first kappa shape index (κ1) is 12.8. The van der Waals surface area contributed by atoms with Gasteiger partial charge in [-0.1, -0.05) is 0 Å². The fraction of sp³-hybridized carbons (Fsp3) is 0.800. The van der Waals surface area contributed by atoms with Crippen molar-refractivity contribution in [3.05, 3.63) is 0 Å². The molecule has 0 bridgehead atoms. The van der Waals surface area contributed by atoms with Gasteiger partial charge in [0.25, 0.3) is 0 Å². The van der Waals surface area contributed by atoms with Crippen LogP contribution in [0, 0.1) is 5.92 Å². The van der Waals surface area contributed by atoms with Crippen LogP contribution in [0.2, 0.25) is 0 Å². The number of carbonyl (C=O) groups is 2. The Morgan fingerprint density at radius 1 is 1.31 bits per heavy atom. The predicted molar refractivity (Wildman–Crippen MR) is 56.7 cm³/mol. The lowest BCUT2D eigenvalue weighted by atomic mass is 9.92. The van der Waals surface area contributed by atoms with Crippen LogP contribution in [0.3, 0.4) is 0 Å². The van der Waals surface area contributed by atoms with Gasteiger partial charge in [-0.15, -0.1) is 0 Å². The lowest BCUT2D eigenvalue weighted by Crippen LogP contribution is -2.49. The molecule has 2 atom stereocenters. The first-order valence-electron chi connectivity index (χ1n) is 5.22. The van der Waals surface area contributed by atoms with Gasteiger partial charge in [-0.2, -0.15) is 0 Å². The standard InChI is InChI=1S/C10H18N2O4/c1-15-9(13)4-7-3-8(11)6-12(5-7)10(14)16-2/h7-8H,3-6,11H2,1-2H3. The molecule has 1 aliphatic rings. The number of amides is 1. The highest BCUT2D eigenvalue weighted by Gasteiger charge is 2.30. The van der Waals surface area contributed by atoms with Crippen molar-refractivity contribution in [1.29, 1.82) is 0 Å². The number of hydrogen-bond acceptors (Lipinski definition) is 5. The number of ether oxygens (including phenoxy) is 2. The largest absolute Gasteiger partial charge is 0.469 e. The van der Waals surface area contributed by atoms with E-state index < -0.39 is 6.09 Å². The van der Waals surface area contributed by atoms with Crippen molar-refractivity contribution in [3.8, 4) is 0 Å². The summed E-state index contributed by atoms with van der Waals surface area (Å²) in [5, 5.41) is 0. The molecule has 6 heteroatoms. The molecule has 1 aliphatic heterocycles. The van der Waals surface area contributed by atoms with Crippen molar-refractivity contribution in [3.63, 3.8) is 0 Å². The summed E-state index contributed by atoms with van der Waals surface area (Å²) < 4.78 is 9.23. The molecule has 0 aliphatic carbocycles. The third-order valence-corrected chi connectivity index (χ3v) is 2.69. The Morgan fingerprint density at radius 2 is 2.00 bits per heavy atom. The van der Waals surface area contributed by atoms with E-state index in [9.17, 15) is 9.59 Å².